The Morgan fingerprint density at radius 3 is 2.56 bits per heavy atom. The maximum atomic E-state index is 12.1. The fourth-order valence-corrected chi connectivity index (χ4v) is 2.07. The zero-order valence-electron chi connectivity index (χ0n) is 14.9. The zero-order valence-corrected chi connectivity index (χ0v) is 14.9. The van der Waals surface area contributed by atoms with Crippen molar-refractivity contribution in [2.24, 2.45) is 10.4 Å². The number of pyridine rings is 1. The number of para-hydroxylation sites is 1. The van der Waals surface area contributed by atoms with Gasteiger partial charge in [-0.1, -0.05) is 39.0 Å². The Morgan fingerprint density at radius 2 is 1.88 bits per heavy atom. The zero-order chi connectivity index (χ0) is 18.4. The molecule has 0 unspecified atom stereocenters. The number of hydrogen-bond donors (Lipinski definition) is 0. The number of fused-ring (bicyclic) bond motifs is 1. The van der Waals surface area contributed by atoms with Crippen LogP contribution in [0.3, 0.4) is 0 Å². The number of Topliss-reactive ketones (excluding diaryl/α,β-unsaturated/α-hetero) is 1. The van der Waals surface area contributed by atoms with E-state index in [1.165, 1.54) is 0 Å². The summed E-state index contributed by atoms with van der Waals surface area (Å²) in [5.74, 6) is 0.296. The minimum absolute atomic E-state index is 0.0553. The number of benzene rings is 1. The fourth-order valence-electron chi connectivity index (χ4n) is 2.07. The number of aromatic nitrogens is 1. The Labute approximate surface area is 146 Å². The van der Waals surface area contributed by atoms with Crippen molar-refractivity contribution in [3.05, 3.63) is 36.5 Å². The van der Waals surface area contributed by atoms with E-state index < -0.39 is 11.5 Å². The van der Waals surface area contributed by atoms with E-state index in [4.69, 9.17) is 9.47 Å². The van der Waals surface area contributed by atoms with Gasteiger partial charge in [0.05, 0.1) is 13.0 Å². The van der Waals surface area contributed by atoms with E-state index in [0.717, 1.165) is 5.39 Å². The molecule has 0 bridgehead atoms. The molecule has 25 heavy (non-hydrogen) atoms. The summed E-state index contributed by atoms with van der Waals surface area (Å²) in [6.45, 7) is 7.48. The standard InChI is InChI=1S/C19H22N2O4/c1-5-24-16(12-15(22)19(2,3)4)21-18(23)25-14-10-6-8-13-9-7-11-20-17(13)14/h6-11H,5,12H2,1-4H3. The van der Waals surface area contributed by atoms with E-state index in [0.29, 0.717) is 17.9 Å². The molecule has 6 heteroatoms. The topological polar surface area (TPSA) is 77.8 Å². The molecular formula is C19H22N2O4. The molecule has 1 amide bonds. The number of amides is 1. The lowest BCUT2D eigenvalue weighted by molar-refractivity contribution is -0.125. The van der Waals surface area contributed by atoms with E-state index >= 15 is 0 Å². The third-order valence-electron chi connectivity index (χ3n) is 3.47. The summed E-state index contributed by atoms with van der Waals surface area (Å²) >= 11 is 0. The van der Waals surface area contributed by atoms with Crippen molar-refractivity contribution < 1.29 is 19.1 Å². The highest BCUT2D eigenvalue weighted by Crippen LogP contribution is 2.23. The van der Waals surface area contributed by atoms with Gasteiger partial charge in [-0.15, -0.1) is 4.99 Å². The lowest BCUT2D eigenvalue weighted by Gasteiger charge is -2.17. The summed E-state index contributed by atoms with van der Waals surface area (Å²) in [5, 5.41) is 0.852. The lowest BCUT2D eigenvalue weighted by atomic mass is 9.89. The Balaban J connectivity index is 2.19. The molecule has 0 spiro atoms. The summed E-state index contributed by atoms with van der Waals surface area (Å²) in [6.07, 6.45) is 0.722. The van der Waals surface area contributed by atoms with Crippen LogP contribution in [-0.4, -0.2) is 29.4 Å². The molecule has 0 atom stereocenters. The summed E-state index contributed by atoms with van der Waals surface area (Å²) in [7, 11) is 0. The first kappa shape index (κ1) is 18.6. The van der Waals surface area contributed by atoms with Crippen LogP contribution in [0.4, 0.5) is 4.79 Å². The quantitative estimate of drug-likeness (QED) is 0.615. The Kier molecular flexibility index (Phi) is 5.85. The molecule has 0 radical (unpaired) electrons. The van der Waals surface area contributed by atoms with Crippen LogP contribution in [0.2, 0.25) is 0 Å². The van der Waals surface area contributed by atoms with Crippen LogP contribution < -0.4 is 4.74 Å². The SMILES string of the molecule is CCOC(CC(=O)C(C)(C)C)=NC(=O)Oc1cccc2cccnc12. The van der Waals surface area contributed by atoms with Crippen LogP contribution in [0.25, 0.3) is 10.9 Å². The largest absolute Gasteiger partial charge is 0.481 e. The fraction of sp³-hybridized carbons (Fsp3) is 0.368. The average Bonchev–Trinajstić information content (AvgIpc) is 2.54. The van der Waals surface area contributed by atoms with Crippen LogP contribution in [0, 0.1) is 5.41 Å². The molecule has 1 aromatic carbocycles. The second-order valence-electron chi connectivity index (χ2n) is 6.49. The van der Waals surface area contributed by atoms with Crippen molar-refractivity contribution in [2.75, 3.05) is 6.61 Å². The van der Waals surface area contributed by atoms with Gasteiger partial charge in [-0.05, 0) is 19.1 Å². The molecule has 0 aliphatic carbocycles. The van der Waals surface area contributed by atoms with Gasteiger partial charge in [0.15, 0.2) is 5.75 Å². The highest BCUT2D eigenvalue weighted by Gasteiger charge is 2.24. The normalized spacial score (nSPS) is 12.1. The minimum Gasteiger partial charge on any atom is -0.481 e. The van der Waals surface area contributed by atoms with Gasteiger partial charge in [0.25, 0.3) is 0 Å². The van der Waals surface area contributed by atoms with E-state index in [9.17, 15) is 9.59 Å². The smallest absolute Gasteiger partial charge is 0.442 e. The number of hydrogen-bond acceptors (Lipinski definition) is 5. The Bertz CT molecular complexity index is 801. The Hall–Kier alpha value is -2.76. The summed E-state index contributed by atoms with van der Waals surface area (Å²) in [6, 6.07) is 8.96. The van der Waals surface area contributed by atoms with E-state index in [2.05, 4.69) is 9.98 Å². The van der Waals surface area contributed by atoms with Crippen LogP contribution in [0.15, 0.2) is 41.5 Å². The van der Waals surface area contributed by atoms with Crippen LogP contribution in [0.1, 0.15) is 34.1 Å². The first-order chi connectivity index (χ1) is 11.8. The predicted octanol–water partition coefficient (Wildman–Crippen LogP) is 4.17. The summed E-state index contributed by atoms with van der Waals surface area (Å²) < 4.78 is 10.6. The summed E-state index contributed by atoms with van der Waals surface area (Å²) in [5.41, 5.74) is 0.0266. The van der Waals surface area contributed by atoms with Crippen molar-refractivity contribution >= 4 is 28.7 Å². The highest BCUT2D eigenvalue weighted by molar-refractivity contribution is 6.03. The monoisotopic (exact) mass is 342 g/mol. The van der Waals surface area contributed by atoms with Gasteiger partial charge in [0, 0.05) is 17.0 Å². The van der Waals surface area contributed by atoms with Crippen molar-refractivity contribution in [3.63, 3.8) is 0 Å². The van der Waals surface area contributed by atoms with E-state index in [1.807, 2.05) is 12.1 Å². The van der Waals surface area contributed by atoms with Gasteiger partial charge in [-0.2, -0.15) is 0 Å². The predicted molar refractivity (Wildman–Crippen MR) is 95.9 cm³/mol. The van der Waals surface area contributed by atoms with Gasteiger partial charge in [0.2, 0.25) is 5.90 Å². The summed E-state index contributed by atoms with van der Waals surface area (Å²) in [4.78, 5) is 32.3. The van der Waals surface area contributed by atoms with E-state index in [-0.39, 0.29) is 18.1 Å². The van der Waals surface area contributed by atoms with Gasteiger partial charge in [-0.25, -0.2) is 4.79 Å². The number of rotatable bonds is 4. The maximum absolute atomic E-state index is 12.1. The maximum Gasteiger partial charge on any atom is 0.442 e. The molecule has 0 N–H and O–H groups in total. The average molecular weight is 342 g/mol. The van der Waals surface area contributed by atoms with Crippen LogP contribution in [-0.2, 0) is 9.53 Å². The van der Waals surface area contributed by atoms with Crippen LogP contribution >= 0.6 is 0 Å². The molecular weight excluding hydrogens is 320 g/mol. The molecule has 0 aliphatic rings. The number of carbonyl (C=O) groups is 2. The third-order valence-corrected chi connectivity index (χ3v) is 3.47. The van der Waals surface area contributed by atoms with E-state index in [1.54, 1.807) is 52.1 Å². The number of ketones is 1. The highest BCUT2D eigenvalue weighted by atomic mass is 16.6. The van der Waals surface area contributed by atoms with Gasteiger partial charge in [0.1, 0.15) is 11.3 Å². The number of nitrogens with zero attached hydrogens (tertiary/aromatic N) is 2. The minimum atomic E-state index is -0.844. The Morgan fingerprint density at radius 1 is 1.16 bits per heavy atom. The number of ether oxygens (including phenoxy) is 2. The van der Waals surface area contributed by atoms with Crippen molar-refractivity contribution in [3.8, 4) is 5.75 Å². The molecule has 2 aromatic rings. The molecule has 1 heterocycles. The molecule has 0 saturated carbocycles. The van der Waals surface area contributed by atoms with Gasteiger partial charge >= 0.3 is 6.09 Å². The molecule has 1 aromatic heterocycles. The molecule has 0 saturated heterocycles. The lowest BCUT2D eigenvalue weighted by Crippen LogP contribution is -2.25. The second-order valence-corrected chi connectivity index (χ2v) is 6.49. The molecule has 0 aliphatic heterocycles. The third kappa shape index (κ3) is 5.11. The number of aliphatic imine (C=N–C) groups is 1. The van der Waals surface area contributed by atoms with Gasteiger partial charge in [-0.3, -0.25) is 9.78 Å². The molecule has 132 valence electrons. The molecule has 2 rings (SSSR count). The van der Waals surface area contributed by atoms with Crippen molar-refractivity contribution in [2.45, 2.75) is 34.1 Å². The van der Waals surface area contributed by atoms with Gasteiger partial charge < -0.3 is 9.47 Å². The first-order valence-corrected chi connectivity index (χ1v) is 8.10. The van der Waals surface area contributed by atoms with Crippen molar-refractivity contribution in [1.29, 1.82) is 0 Å². The first-order valence-electron chi connectivity index (χ1n) is 8.10. The number of carbonyl (C=O) groups excluding carboxylic acids is 2. The second kappa shape index (κ2) is 7.88. The van der Waals surface area contributed by atoms with Crippen LogP contribution in [0.5, 0.6) is 5.75 Å². The molecule has 6 nitrogen and oxygen atoms in total. The van der Waals surface area contributed by atoms with Crippen molar-refractivity contribution in [1.82, 2.24) is 4.98 Å². The molecule has 0 fully saturated rings.